The van der Waals surface area contributed by atoms with Gasteiger partial charge in [-0.2, -0.15) is 4.98 Å². The summed E-state index contributed by atoms with van der Waals surface area (Å²) in [4.78, 5) is 33.8. The number of carbonyl (C=O) groups excluding carboxylic acids is 1. The Hall–Kier alpha value is -2.74. The predicted molar refractivity (Wildman–Crippen MR) is 106 cm³/mol. The molecule has 0 amide bonds. The van der Waals surface area contributed by atoms with Crippen molar-refractivity contribution >= 4 is 34.9 Å². The molecule has 0 spiro atoms. The van der Waals surface area contributed by atoms with Crippen LogP contribution in [0.4, 0.5) is 15.9 Å². The summed E-state index contributed by atoms with van der Waals surface area (Å²) in [6.45, 7) is 4.08. The van der Waals surface area contributed by atoms with Crippen LogP contribution >= 0.6 is 11.6 Å². The van der Waals surface area contributed by atoms with E-state index >= 15 is 0 Å². The lowest BCUT2D eigenvalue weighted by molar-refractivity contribution is -0.138. The lowest BCUT2D eigenvalue weighted by Crippen LogP contribution is -2.22. The summed E-state index contributed by atoms with van der Waals surface area (Å²) in [5, 5.41) is 9.46. The average molecular weight is 422 g/mol. The number of benzene rings is 1. The number of nitrogens with zero attached hydrogens (tertiary/aromatic N) is 3. The number of ketones is 1. The van der Waals surface area contributed by atoms with Crippen LogP contribution < -0.4 is 9.64 Å². The van der Waals surface area contributed by atoms with Gasteiger partial charge in [0.25, 0.3) is 0 Å². The zero-order valence-corrected chi connectivity index (χ0v) is 17.0. The first kappa shape index (κ1) is 21.0. The molecule has 0 bridgehead atoms. The standard InChI is InChI=1S/C20H21ClFN3O4/c1-4-5-25(15-8-13(21)10(2)6-14(15)22)16-9-23-17(19(24-16)29-3)18(26)11-7-12(11)20(27)28/h6,8-9,11-12H,4-5,7H2,1-3H3,(H,27,28)/t11?,12-/m0/s1. The summed E-state index contributed by atoms with van der Waals surface area (Å²) in [5.74, 6) is -2.93. The Balaban J connectivity index is 1.98. The maximum Gasteiger partial charge on any atom is 0.307 e. The number of aromatic nitrogens is 2. The van der Waals surface area contributed by atoms with Gasteiger partial charge >= 0.3 is 5.97 Å². The van der Waals surface area contributed by atoms with Crippen LogP contribution in [-0.4, -0.2) is 40.5 Å². The van der Waals surface area contributed by atoms with Crippen molar-refractivity contribution in [2.75, 3.05) is 18.6 Å². The van der Waals surface area contributed by atoms with Crippen molar-refractivity contribution in [3.63, 3.8) is 0 Å². The Kier molecular flexibility index (Phi) is 6.02. The van der Waals surface area contributed by atoms with Crippen LogP contribution in [0.3, 0.4) is 0 Å². The molecule has 1 N–H and O–H groups in total. The highest BCUT2D eigenvalue weighted by atomic mass is 35.5. The fourth-order valence-corrected chi connectivity index (χ4v) is 3.32. The van der Waals surface area contributed by atoms with Crippen LogP contribution in [0.2, 0.25) is 5.02 Å². The predicted octanol–water partition coefficient (Wildman–Crippen LogP) is 4.04. The van der Waals surface area contributed by atoms with Gasteiger partial charge in [0.15, 0.2) is 17.3 Å². The van der Waals surface area contributed by atoms with Gasteiger partial charge in [-0.1, -0.05) is 18.5 Å². The molecule has 7 nitrogen and oxygen atoms in total. The minimum absolute atomic E-state index is 0.0242. The average Bonchev–Trinajstić information content (AvgIpc) is 3.49. The third-order valence-electron chi connectivity index (χ3n) is 4.84. The summed E-state index contributed by atoms with van der Waals surface area (Å²) >= 11 is 6.18. The topological polar surface area (TPSA) is 92.6 Å². The molecule has 1 fully saturated rings. The monoisotopic (exact) mass is 421 g/mol. The third-order valence-corrected chi connectivity index (χ3v) is 5.25. The van der Waals surface area contributed by atoms with Crippen molar-refractivity contribution < 1.29 is 23.8 Å². The Labute approximate surface area is 172 Å². The minimum atomic E-state index is -1.01. The largest absolute Gasteiger partial charge is 0.481 e. The Morgan fingerprint density at radius 3 is 2.69 bits per heavy atom. The van der Waals surface area contributed by atoms with Gasteiger partial charge in [0, 0.05) is 17.5 Å². The molecule has 0 saturated heterocycles. The molecular formula is C20H21ClFN3O4. The van der Waals surface area contributed by atoms with E-state index in [4.69, 9.17) is 21.4 Å². The number of methoxy groups -OCH3 is 1. The van der Waals surface area contributed by atoms with E-state index in [9.17, 15) is 14.0 Å². The molecule has 1 aliphatic carbocycles. The summed E-state index contributed by atoms with van der Waals surface area (Å²) in [5.41, 5.74) is 0.835. The van der Waals surface area contributed by atoms with Gasteiger partial charge in [-0.05, 0) is 37.5 Å². The van der Waals surface area contributed by atoms with Crippen molar-refractivity contribution in [2.45, 2.75) is 26.7 Å². The van der Waals surface area contributed by atoms with Crippen molar-refractivity contribution in [1.29, 1.82) is 0 Å². The Morgan fingerprint density at radius 1 is 1.38 bits per heavy atom. The Morgan fingerprint density at radius 2 is 2.10 bits per heavy atom. The number of ether oxygens (including phenoxy) is 1. The van der Waals surface area contributed by atoms with Gasteiger partial charge in [0.1, 0.15) is 5.82 Å². The molecule has 29 heavy (non-hydrogen) atoms. The number of aryl methyl sites for hydroxylation is 1. The van der Waals surface area contributed by atoms with Gasteiger partial charge in [-0.25, -0.2) is 9.37 Å². The van der Waals surface area contributed by atoms with Crippen molar-refractivity contribution in [3.8, 4) is 5.88 Å². The van der Waals surface area contributed by atoms with Gasteiger partial charge in [-0.3, -0.25) is 9.59 Å². The number of halogens is 2. The third kappa shape index (κ3) is 4.17. The van der Waals surface area contributed by atoms with Crippen LogP contribution in [-0.2, 0) is 4.79 Å². The summed E-state index contributed by atoms with van der Waals surface area (Å²) in [6.07, 6.45) is 2.32. The second-order valence-corrected chi connectivity index (χ2v) is 7.35. The molecule has 1 aromatic heterocycles. The van der Waals surface area contributed by atoms with E-state index in [2.05, 4.69) is 9.97 Å². The van der Waals surface area contributed by atoms with E-state index in [1.807, 2.05) is 6.92 Å². The van der Waals surface area contributed by atoms with Gasteiger partial charge in [0.05, 0.1) is 24.9 Å². The van der Waals surface area contributed by atoms with Crippen LogP contribution in [0.15, 0.2) is 18.3 Å². The first-order valence-electron chi connectivity index (χ1n) is 9.19. The quantitative estimate of drug-likeness (QED) is 0.643. The van der Waals surface area contributed by atoms with Gasteiger partial charge in [-0.15, -0.1) is 0 Å². The normalized spacial score (nSPS) is 17.7. The molecular weight excluding hydrogens is 401 g/mol. The zero-order chi connectivity index (χ0) is 21.3. The molecule has 154 valence electrons. The number of Topliss-reactive ketones (excluding diaryl/α,β-unsaturated/α-hetero) is 1. The lowest BCUT2D eigenvalue weighted by atomic mass is 10.1. The molecule has 1 unspecified atom stereocenters. The van der Waals surface area contributed by atoms with Crippen LogP contribution in [0, 0.1) is 24.6 Å². The van der Waals surface area contributed by atoms with Crippen LogP contribution in [0.25, 0.3) is 0 Å². The fraction of sp³-hybridized carbons (Fsp3) is 0.400. The van der Waals surface area contributed by atoms with E-state index in [1.54, 1.807) is 11.8 Å². The highest BCUT2D eigenvalue weighted by molar-refractivity contribution is 6.31. The Bertz CT molecular complexity index is 969. The zero-order valence-electron chi connectivity index (χ0n) is 16.3. The number of rotatable bonds is 8. The molecule has 0 aliphatic heterocycles. The molecule has 1 aliphatic rings. The summed E-state index contributed by atoms with van der Waals surface area (Å²) < 4.78 is 19.9. The molecule has 9 heteroatoms. The number of carboxylic acids is 1. The van der Waals surface area contributed by atoms with E-state index in [-0.39, 0.29) is 23.7 Å². The van der Waals surface area contributed by atoms with E-state index < -0.39 is 29.4 Å². The molecule has 1 aromatic carbocycles. The highest BCUT2D eigenvalue weighted by Crippen LogP contribution is 2.42. The maximum absolute atomic E-state index is 14.6. The number of carboxylic acid groups (broad SMARTS) is 1. The smallest absolute Gasteiger partial charge is 0.307 e. The molecule has 2 atom stereocenters. The first-order valence-corrected chi connectivity index (χ1v) is 9.57. The van der Waals surface area contributed by atoms with Crippen molar-refractivity contribution in [3.05, 3.63) is 40.4 Å². The summed E-state index contributed by atoms with van der Waals surface area (Å²) in [7, 11) is 1.35. The number of carbonyl (C=O) groups is 2. The van der Waals surface area contributed by atoms with Crippen LogP contribution in [0.1, 0.15) is 35.8 Å². The minimum Gasteiger partial charge on any atom is -0.481 e. The lowest BCUT2D eigenvalue weighted by Gasteiger charge is -2.24. The number of aliphatic carboxylic acids is 1. The molecule has 1 saturated carbocycles. The van der Waals surface area contributed by atoms with E-state index in [1.165, 1.54) is 25.4 Å². The maximum atomic E-state index is 14.6. The van der Waals surface area contributed by atoms with Crippen molar-refractivity contribution in [1.82, 2.24) is 9.97 Å². The highest BCUT2D eigenvalue weighted by Gasteiger charge is 2.49. The van der Waals surface area contributed by atoms with E-state index in [0.717, 1.165) is 0 Å². The van der Waals surface area contributed by atoms with Gasteiger partial charge < -0.3 is 14.7 Å². The molecule has 1 heterocycles. The first-order chi connectivity index (χ1) is 13.8. The van der Waals surface area contributed by atoms with Gasteiger partial charge in [0.2, 0.25) is 5.88 Å². The fourth-order valence-electron chi connectivity index (χ4n) is 3.16. The van der Waals surface area contributed by atoms with Crippen molar-refractivity contribution in [2.24, 2.45) is 11.8 Å². The van der Waals surface area contributed by atoms with Crippen LogP contribution in [0.5, 0.6) is 5.88 Å². The SMILES string of the molecule is CCCN(c1cnc(C(=O)C2C[C@@H]2C(=O)O)c(OC)n1)c1cc(Cl)c(C)cc1F. The summed E-state index contributed by atoms with van der Waals surface area (Å²) in [6, 6.07) is 2.87. The molecule has 3 rings (SSSR count). The second-order valence-electron chi connectivity index (χ2n) is 6.94. The second kappa shape index (κ2) is 8.32. The van der Waals surface area contributed by atoms with E-state index in [0.29, 0.717) is 29.4 Å². The number of hydrogen-bond donors (Lipinski definition) is 1. The number of anilines is 2. The molecule has 0 radical (unpaired) electrons. The molecule has 2 aromatic rings. The number of hydrogen-bond acceptors (Lipinski definition) is 6.